The molecule has 2 heterocycles. The first-order valence-electron chi connectivity index (χ1n) is 6.20. The van der Waals surface area contributed by atoms with E-state index in [1.165, 1.54) is 18.5 Å². The summed E-state index contributed by atoms with van der Waals surface area (Å²) >= 11 is 0. The minimum absolute atomic E-state index is 0.661. The standard InChI is InChI=1S/C13H18N4/c1-16(10-5-6-10)13-11(7-8-14)17-9-3-2-4-12(17)15-13/h2-4,9-10H,5-8,14H2,1H3. The Balaban J connectivity index is 2.11. The van der Waals surface area contributed by atoms with E-state index in [4.69, 9.17) is 10.7 Å². The third-order valence-corrected chi connectivity index (χ3v) is 3.42. The van der Waals surface area contributed by atoms with Crippen LogP contribution in [-0.2, 0) is 6.42 Å². The largest absolute Gasteiger partial charge is 0.355 e. The van der Waals surface area contributed by atoms with E-state index in [1.807, 2.05) is 18.2 Å². The number of imidazole rings is 1. The number of nitrogens with zero attached hydrogens (tertiary/aromatic N) is 3. The fourth-order valence-electron chi connectivity index (χ4n) is 2.32. The molecule has 1 aliphatic carbocycles. The quantitative estimate of drug-likeness (QED) is 0.864. The molecule has 4 heteroatoms. The van der Waals surface area contributed by atoms with Gasteiger partial charge in [-0.3, -0.25) is 0 Å². The smallest absolute Gasteiger partial charge is 0.151 e. The van der Waals surface area contributed by atoms with Crippen LogP contribution >= 0.6 is 0 Å². The van der Waals surface area contributed by atoms with Crippen molar-refractivity contribution in [3.8, 4) is 0 Å². The maximum Gasteiger partial charge on any atom is 0.151 e. The highest BCUT2D eigenvalue weighted by Gasteiger charge is 2.29. The van der Waals surface area contributed by atoms with Crippen molar-refractivity contribution >= 4 is 11.5 Å². The highest BCUT2D eigenvalue weighted by Crippen LogP contribution is 2.32. The number of rotatable bonds is 4. The number of hydrogen-bond acceptors (Lipinski definition) is 3. The summed E-state index contributed by atoms with van der Waals surface area (Å²) in [6, 6.07) is 6.78. The van der Waals surface area contributed by atoms with Gasteiger partial charge in [0.15, 0.2) is 5.82 Å². The van der Waals surface area contributed by atoms with Crippen LogP contribution < -0.4 is 10.6 Å². The number of nitrogens with two attached hydrogens (primary N) is 1. The van der Waals surface area contributed by atoms with Crippen molar-refractivity contribution in [3.63, 3.8) is 0 Å². The zero-order valence-electron chi connectivity index (χ0n) is 10.1. The van der Waals surface area contributed by atoms with Gasteiger partial charge in [0.05, 0.1) is 5.69 Å². The third-order valence-electron chi connectivity index (χ3n) is 3.42. The first-order chi connectivity index (χ1) is 8.31. The molecule has 2 N–H and O–H groups in total. The Morgan fingerprint density at radius 1 is 1.47 bits per heavy atom. The first kappa shape index (κ1) is 10.6. The lowest BCUT2D eigenvalue weighted by atomic mass is 10.3. The van der Waals surface area contributed by atoms with E-state index in [-0.39, 0.29) is 0 Å². The fraction of sp³-hybridized carbons (Fsp3) is 0.462. The molecule has 0 aliphatic heterocycles. The van der Waals surface area contributed by atoms with Crippen LogP contribution in [0.5, 0.6) is 0 Å². The van der Waals surface area contributed by atoms with E-state index in [9.17, 15) is 0 Å². The molecule has 1 aliphatic rings. The van der Waals surface area contributed by atoms with Gasteiger partial charge in [0, 0.05) is 25.7 Å². The molecule has 0 radical (unpaired) electrons. The van der Waals surface area contributed by atoms with Gasteiger partial charge in [-0.15, -0.1) is 0 Å². The molecule has 3 rings (SSSR count). The van der Waals surface area contributed by atoms with Crippen molar-refractivity contribution < 1.29 is 0 Å². The zero-order chi connectivity index (χ0) is 11.8. The minimum atomic E-state index is 0.661. The second kappa shape index (κ2) is 4.04. The van der Waals surface area contributed by atoms with Crippen LogP contribution in [0.3, 0.4) is 0 Å². The van der Waals surface area contributed by atoms with Gasteiger partial charge in [-0.25, -0.2) is 4.98 Å². The van der Waals surface area contributed by atoms with Crippen LogP contribution in [0.15, 0.2) is 24.4 Å². The van der Waals surface area contributed by atoms with Crippen LogP contribution in [0, 0.1) is 0 Å². The highest BCUT2D eigenvalue weighted by molar-refractivity contribution is 5.56. The molecule has 90 valence electrons. The van der Waals surface area contributed by atoms with Crippen molar-refractivity contribution in [3.05, 3.63) is 30.1 Å². The maximum absolute atomic E-state index is 5.71. The molecule has 4 nitrogen and oxygen atoms in total. The molecule has 0 aromatic carbocycles. The van der Waals surface area contributed by atoms with Crippen molar-refractivity contribution in [1.29, 1.82) is 0 Å². The van der Waals surface area contributed by atoms with Gasteiger partial charge in [-0.05, 0) is 31.5 Å². The van der Waals surface area contributed by atoms with Gasteiger partial charge in [0.2, 0.25) is 0 Å². The van der Waals surface area contributed by atoms with Crippen molar-refractivity contribution in [2.24, 2.45) is 5.73 Å². The first-order valence-corrected chi connectivity index (χ1v) is 6.20. The molecule has 0 saturated heterocycles. The number of aromatic nitrogens is 2. The SMILES string of the molecule is CN(c1nc2ccccn2c1CCN)C1CC1. The molecule has 17 heavy (non-hydrogen) atoms. The average molecular weight is 230 g/mol. The van der Waals surface area contributed by atoms with Gasteiger partial charge in [-0.1, -0.05) is 6.07 Å². The van der Waals surface area contributed by atoms with E-state index in [2.05, 4.69) is 22.5 Å². The van der Waals surface area contributed by atoms with Crippen LogP contribution in [0.2, 0.25) is 0 Å². The molecular weight excluding hydrogens is 212 g/mol. The van der Waals surface area contributed by atoms with E-state index in [0.717, 1.165) is 17.9 Å². The van der Waals surface area contributed by atoms with Crippen LogP contribution in [0.25, 0.3) is 5.65 Å². The number of hydrogen-bond donors (Lipinski definition) is 1. The van der Waals surface area contributed by atoms with Crippen LogP contribution in [-0.4, -0.2) is 29.0 Å². The van der Waals surface area contributed by atoms with Gasteiger partial charge >= 0.3 is 0 Å². The van der Waals surface area contributed by atoms with E-state index >= 15 is 0 Å². The van der Waals surface area contributed by atoms with Gasteiger partial charge < -0.3 is 15.0 Å². The van der Waals surface area contributed by atoms with Crippen molar-refractivity contribution in [2.75, 3.05) is 18.5 Å². The monoisotopic (exact) mass is 230 g/mol. The molecule has 0 amide bonds. The zero-order valence-corrected chi connectivity index (χ0v) is 10.1. The lowest BCUT2D eigenvalue weighted by Crippen LogP contribution is -2.22. The molecule has 1 fully saturated rings. The van der Waals surface area contributed by atoms with Gasteiger partial charge in [-0.2, -0.15) is 0 Å². The minimum Gasteiger partial charge on any atom is -0.355 e. The summed E-state index contributed by atoms with van der Waals surface area (Å²) < 4.78 is 2.15. The van der Waals surface area contributed by atoms with Crippen LogP contribution in [0.1, 0.15) is 18.5 Å². The second-order valence-electron chi connectivity index (χ2n) is 4.69. The van der Waals surface area contributed by atoms with Crippen molar-refractivity contribution in [2.45, 2.75) is 25.3 Å². The van der Waals surface area contributed by atoms with Crippen LogP contribution in [0.4, 0.5) is 5.82 Å². The molecule has 0 unspecified atom stereocenters. The highest BCUT2D eigenvalue weighted by atomic mass is 15.2. The maximum atomic E-state index is 5.71. The predicted octanol–water partition coefficient (Wildman–Crippen LogP) is 1.43. The van der Waals surface area contributed by atoms with E-state index in [0.29, 0.717) is 12.6 Å². The Morgan fingerprint density at radius 3 is 3.00 bits per heavy atom. The Bertz CT molecular complexity index is 527. The summed E-state index contributed by atoms with van der Waals surface area (Å²) in [5.41, 5.74) is 7.96. The molecule has 1 saturated carbocycles. The Hall–Kier alpha value is -1.55. The number of fused-ring (bicyclic) bond motifs is 1. The number of pyridine rings is 1. The lowest BCUT2D eigenvalue weighted by Gasteiger charge is -2.17. The Labute approximate surface area is 101 Å². The van der Waals surface area contributed by atoms with E-state index < -0.39 is 0 Å². The summed E-state index contributed by atoms with van der Waals surface area (Å²) in [5.74, 6) is 1.10. The summed E-state index contributed by atoms with van der Waals surface area (Å²) in [7, 11) is 2.14. The molecular formula is C13H18N4. The third kappa shape index (κ3) is 1.78. The lowest BCUT2D eigenvalue weighted by molar-refractivity contribution is 0.854. The molecule has 0 atom stereocenters. The van der Waals surface area contributed by atoms with Gasteiger partial charge in [0.25, 0.3) is 0 Å². The van der Waals surface area contributed by atoms with E-state index in [1.54, 1.807) is 0 Å². The normalized spacial score (nSPS) is 15.4. The predicted molar refractivity (Wildman–Crippen MR) is 69.4 cm³/mol. The van der Waals surface area contributed by atoms with Gasteiger partial charge in [0.1, 0.15) is 5.65 Å². The topological polar surface area (TPSA) is 46.6 Å². The average Bonchev–Trinajstić information content (AvgIpc) is 3.13. The summed E-state index contributed by atoms with van der Waals surface area (Å²) in [6.07, 6.45) is 5.51. The number of anilines is 1. The Morgan fingerprint density at radius 2 is 2.29 bits per heavy atom. The fourth-order valence-corrected chi connectivity index (χ4v) is 2.32. The molecule has 0 bridgehead atoms. The molecule has 2 aromatic rings. The second-order valence-corrected chi connectivity index (χ2v) is 4.69. The summed E-state index contributed by atoms with van der Waals surface area (Å²) in [6.45, 7) is 0.661. The van der Waals surface area contributed by atoms with Crippen molar-refractivity contribution in [1.82, 2.24) is 9.38 Å². The summed E-state index contributed by atoms with van der Waals surface area (Å²) in [5, 5.41) is 0. The molecule has 0 spiro atoms. The Kier molecular flexibility index (Phi) is 2.52. The summed E-state index contributed by atoms with van der Waals surface area (Å²) in [4.78, 5) is 7.03. The molecule has 2 aromatic heterocycles.